The van der Waals surface area contributed by atoms with Crippen LogP contribution < -0.4 is 10.2 Å². The van der Waals surface area contributed by atoms with E-state index in [2.05, 4.69) is 29.4 Å². The molecule has 2 aromatic rings. The first-order valence-electron chi connectivity index (χ1n) is 6.66. The summed E-state index contributed by atoms with van der Waals surface area (Å²) in [4.78, 5) is 2.46. The van der Waals surface area contributed by atoms with Crippen molar-refractivity contribution in [2.45, 2.75) is 35.7 Å². The van der Waals surface area contributed by atoms with E-state index in [4.69, 9.17) is 0 Å². The average molecular weight is 326 g/mol. The summed E-state index contributed by atoms with van der Waals surface area (Å²) in [7, 11) is 3.82. The Morgan fingerprint density at radius 3 is 2.67 bits per heavy atom. The molecule has 2 rings (SSSR count). The predicted molar refractivity (Wildman–Crippen MR) is 86.7 cm³/mol. The number of benzene rings is 1. The van der Waals surface area contributed by atoms with E-state index in [-0.39, 0.29) is 5.82 Å². The summed E-state index contributed by atoms with van der Waals surface area (Å²) in [6.45, 7) is 4.81. The average Bonchev–Trinajstić information content (AvgIpc) is 2.88. The molecule has 1 aromatic carbocycles. The van der Waals surface area contributed by atoms with E-state index in [1.807, 2.05) is 25.1 Å². The number of hydrogen-bond acceptors (Lipinski definition) is 6. The lowest BCUT2D eigenvalue weighted by Crippen LogP contribution is -2.21. The number of anilines is 1. The second kappa shape index (κ2) is 7.20. The van der Waals surface area contributed by atoms with Crippen molar-refractivity contribution >= 4 is 28.2 Å². The lowest BCUT2D eigenvalue weighted by atomic mass is 10.2. The number of nitrogens with one attached hydrogen (secondary N) is 1. The topological polar surface area (TPSA) is 41.1 Å². The van der Waals surface area contributed by atoms with E-state index in [9.17, 15) is 4.39 Å². The van der Waals surface area contributed by atoms with Crippen LogP contribution in [0.3, 0.4) is 0 Å². The van der Waals surface area contributed by atoms with Crippen LogP contribution in [-0.2, 0) is 6.54 Å². The molecule has 0 radical (unpaired) electrons. The monoisotopic (exact) mass is 326 g/mol. The minimum atomic E-state index is -0.218. The van der Waals surface area contributed by atoms with Crippen molar-refractivity contribution in [2.24, 2.45) is 0 Å². The Morgan fingerprint density at radius 2 is 2.10 bits per heavy atom. The summed E-state index contributed by atoms with van der Waals surface area (Å²) in [5.74, 6) is -0.218. The van der Waals surface area contributed by atoms with Crippen molar-refractivity contribution in [3.8, 4) is 0 Å². The van der Waals surface area contributed by atoms with Crippen LogP contribution in [-0.4, -0.2) is 30.3 Å². The van der Waals surface area contributed by atoms with Gasteiger partial charge in [0.2, 0.25) is 5.13 Å². The fourth-order valence-corrected chi connectivity index (χ4v) is 3.30. The molecule has 0 fully saturated rings. The van der Waals surface area contributed by atoms with Crippen molar-refractivity contribution in [1.82, 2.24) is 15.5 Å². The first kappa shape index (κ1) is 16.2. The Balaban J connectivity index is 2.06. The number of hydrogen-bond donors (Lipinski definition) is 1. The highest BCUT2D eigenvalue weighted by molar-refractivity contribution is 8.01. The quantitative estimate of drug-likeness (QED) is 0.881. The molecular weight excluding hydrogens is 307 g/mol. The zero-order valence-electron chi connectivity index (χ0n) is 12.6. The molecular formula is C14H19FN4S2. The first-order chi connectivity index (χ1) is 9.95. The van der Waals surface area contributed by atoms with Crippen molar-refractivity contribution in [3.05, 3.63) is 29.6 Å². The van der Waals surface area contributed by atoms with E-state index >= 15 is 0 Å². The van der Waals surface area contributed by atoms with Crippen LogP contribution in [0.2, 0.25) is 0 Å². The van der Waals surface area contributed by atoms with Gasteiger partial charge in [-0.3, -0.25) is 0 Å². The van der Waals surface area contributed by atoms with Gasteiger partial charge in [-0.05, 0) is 17.7 Å². The van der Waals surface area contributed by atoms with Crippen molar-refractivity contribution in [1.29, 1.82) is 0 Å². The molecule has 7 heteroatoms. The molecule has 0 saturated heterocycles. The highest BCUT2D eigenvalue weighted by atomic mass is 32.2. The van der Waals surface area contributed by atoms with E-state index in [0.29, 0.717) is 17.5 Å². The maximum absolute atomic E-state index is 14.1. The Kier molecular flexibility index (Phi) is 5.55. The Morgan fingerprint density at radius 1 is 1.33 bits per heavy atom. The minimum Gasteiger partial charge on any atom is -0.353 e. The van der Waals surface area contributed by atoms with Crippen LogP contribution in [0.15, 0.2) is 27.4 Å². The summed E-state index contributed by atoms with van der Waals surface area (Å²) < 4.78 is 14.9. The summed E-state index contributed by atoms with van der Waals surface area (Å²) >= 11 is 2.76. The molecule has 114 valence electrons. The van der Waals surface area contributed by atoms with Crippen LogP contribution in [0, 0.1) is 5.82 Å². The van der Waals surface area contributed by atoms with Gasteiger partial charge < -0.3 is 10.2 Å². The summed E-state index contributed by atoms with van der Waals surface area (Å²) in [6, 6.07) is 5.70. The summed E-state index contributed by atoms with van der Waals surface area (Å²) in [6.07, 6.45) is 0. The van der Waals surface area contributed by atoms with Gasteiger partial charge in [-0.15, -0.1) is 10.2 Å². The number of aromatic nitrogens is 2. The maximum Gasteiger partial charge on any atom is 0.208 e. The fraction of sp³-hybridized carbons (Fsp3) is 0.429. The lowest BCUT2D eigenvalue weighted by Gasteiger charge is -2.09. The highest BCUT2D eigenvalue weighted by Crippen LogP contribution is 2.34. The minimum absolute atomic E-state index is 0.218. The zero-order valence-corrected chi connectivity index (χ0v) is 14.2. The van der Waals surface area contributed by atoms with E-state index in [0.717, 1.165) is 15.0 Å². The van der Waals surface area contributed by atoms with E-state index in [1.165, 1.54) is 23.1 Å². The smallest absolute Gasteiger partial charge is 0.208 e. The Bertz CT molecular complexity index is 598. The van der Waals surface area contributed by atoms with Crippen molar-refractivity contribution in [2.75, 3.05) is 19.0 Å². The van der Waals surface area contributed by atoms with Gasteiger partial charge in [-0.2, -0.15) is 0 Å². The molecule has 21 heavy (non-hydrogen) atoms. The molecule has 0 bridgehead atoms. The Labute approximate surface area is 132 Å². The molecule has 1 N–H and O–H groups in total. The van der Waals surface area contributed by atoms with Crippen LogP contribution >= 0.6 is 23.1 Å². The number of rotatable bonds is 6. The van der Waals surface area contributed by atoms with Gasteiger partial charge in [0.25, 0.3) is 0 Å². The molecule has 0 aliphatic carbocycles. The fourth-order valence-electron chi connectivity index (χ4n) is 1.58. The standard InChI is InChI=1S/C14H19FN4S2/c1-9(2)16-8-10-5-6-12(11(15)7-10)20-14-18-17-13(21-14)19(3)4/h5-7,9,16H,8H2,1-4H3. The largest absolute Gasteiger partial charge is 0.353 e. The summed E-state index contributed by atoms with van der Waals surface area (Å²) in [5.41, 5.74) is 0.941. The second-order valence-electron chi connectivity index (χ2n) is 5.15. The SMILES string of the molecule is CC(C)NCc1ccc(Sc2nnc(N(C)C)s2)c(F)c1. The van der Waals surface area contributed by atoms with E-state index in [1.54, 1.807) is 12.1 Å². The third-order valence-electron chi connectivity index (χ3n) is 2.69. The molecule has 4 nitrogen and oxygen atoms in total. The predicted octanol–water partition coefficient (Wildman–Crippen LogP) is 3.39. The van der Waals surface area contributed by atoms with Gasteiger partial charge in [0.05, 0.1) is 4.90 Å². The van der Waals surface area contributed by atoms with Crippen LogP contribution in [0.4, 0.5) is 9.52 Å². The van der Waals surface area contributed by atoms with Gasteiger partial charge >= 0.3 is 0 Å². The van der Waals surface area contributed by atoms with Gasteiger partial charge in [0.15, 0.2) is 4.34 Å². The highest BCUT2D eigenvalue weighted by Gasteiger charge is 2.11. The van der Waals surface area contributed by atoms with Gasteiger partial charge in [0, 0.05) is 26.7 Å². The number of nitrogens with zero attached hydrogens (tertiary/aromatic N) is 3. The van der Waals surface area contributed by atoms with Crippen molar-refractivity contribution in [3.63, 3.8) is 0 Å². The molecule has 0 unspecified atom stereocenters. The van der Waals surface area contributed by atoms with Gasteiger partial charge in [-0.1, -0.05) is 43.0 Å². The number of halogens is 1. The van der Waals surface area contributed by atoms with Crippen molar-refractivity contribution < 1.29 is 4.39 Å². The third kappa shape index (κ3) is 4.66. The van der Waals surface area contributed by atoms with E-state index < -0.39 is 0 Å². The molecule has 1 aromatic heterocycles. The van der Waals surface area contributed by atoms with Crippen LogP contribution in [0.1, 0.15) is 19.4 Å². The summed E-state index contributed by atoms with van der Waals surface area (Å²) in [5, 5.41) is 12.2. The molecule has 0 atom stereocenters. The lowest BCUT2D eigenvalue weighted by molar-refractivity contribution is 0.574. The van der Waals surface area contributed by atoms with Crippen LogP contribution in [0.5, 0.6) is 0 Å². The van der Waals surface area contributed by atoms with Crippen LogP contribution in [0.25, 0.3) is 0 Å². The van der Waals surface area contributed by atoms with Gasteiger partial charge in [0.1, 0.15) is 5.82 Å². The normalized spacial score (nSPS) is 11.1. The molecule has 1 heterocycles. The second-order valence-corrected chi connectivity index (χ2v) is 7.39. The molecule has 0 aliphatic heterocycles. The molecule has 0 spiro atoms. The van der Waals surface area contributed by atoms with Gasteiger partial charge in [-0.25, -0.2) is 4.39 Å². The molecule has 0 amide bonds. The molecule has 0 aliphatic rings. The zero-order chi connectivity index (χ0) is 15.4. The Hall–Kier alpha value is -1.18. The third-order valence-corrected chi connectivity index (χ3v) is 4.88. The molecule has 0 saturated carbocycles. The maximum atomic E-state index is 14.1. The first-order valence-corrected chi connectivity index (χ1v) is 8.29.